The normalized spacial score (nSPS) is 11.7. The topological polar surface area (TPSA) is 100 Å². The van der Waals surface area contributed by atoms with E-state index in [2.05, 4.69) is 14.8 Å². The van der Waals surface area contributed by atoms with Crippen LogP contribution >= 0.6 is 0 Å². The molecule has 2 rings (SSSR count). The van der Waals surface area contributed by atoms with Gasteiger partial charge in [0.25, 0.3) is 10.0 Å². The van der Waals surface area contributed by atoms with Gasteiger partial charge in [0.1, 0.15) is 4.90 Å². The fourth-order valence-electron chi connectivity index (χ4n) is 1.45. The first-order valence-electron chi connectivity index (χ1n) is 5.39. The quantitative estimate of drug-likeness (QED) is 0.737. The highest BCUT2D eigenvalue weighted by atomic mass is 32.2. The molecule has 0 aliphatic heterocycles. The van der Waals surface area contributed by atoms with E-state index in [0.717, 1.165) is 0 Å². The van der Waals surface area contributed by atoms with Crippen molar-refractivity contribution in [3.8, 4) is 0 Å². The van der Waals surface area contributed by atoms with Gasteiger partial charge in [0.2, 0.25) is 0 Å². The van der Waals surface area contributed by atoms with Crippen LogP contribution in [0.5, 0.6) is 0 Å². The van der Waals surface area contributed by atoms with Crippen LogP contribution in [-0.2, 0) is 23.2 Å². The molecule has 0 aromatic carbocycles. The Hall–Kier alpha value is -1.80. The van der Waals surface area contributed by atoms with E-state index in [-0.39, 0.29) is 17.3 Å². The highest BCUT2D eigenvalue weighted by Gasteiger charge is 2.17. The fourth-order valence-corrected chi connectivity index (χ4v) is 2.47. The molecule has 0 aliphatic rings. The van der Waals surface area contributed by atoms with Crippen molar-refractivity contribution in [3.05, 3.63) is 30.2 Å². The molecule has 0 saturated heterocycles. The molecule has 2 aromatic rings. The Morgan fingerprint density at radius 2 is 2.33 bits per heavy atom. The molecule has 2 heterocycles. The Labute approximate surface area is 105 Å². The van der Waals surface area contributed by atoms with E-state index in [9.17, 15) is 8.42 Å². The number of aliphatic hydroxyl groups is 1. The lowest BCUT2D eigenvalue weighted by molar-refractivity contribution is 0.277. The van der Waals surface area contributed by atoms with Gasteiger partial charge in [0, 0.05) is 30.7 Å². The van der Waals surface area contributed by atoms with Gasteiger partial charge in [-0.3, -0.25) is 9.40 Å². The summed E-state index contributed by atoms with van der Waals surface area (Å²) in [7, 11) is -3.67. The molecule has 0 aliphatic carbocycles. The molecule has 0 unspecified atom stereocenters. The average molecular weight is 270 g/mol. The molecule has 0 bridgehead atoms. The second kappa shape index (κ2) is 4.83. The average Bonchev–Trinajstić information content (AvgIpc) is 2.96. The summed E-state index contributed by atoms with van der Waals surface area (Å²) in [5.74, 6) is 0.267. The Kier molecular flexibility index (Phi) is 3.39. The van der Waals surface area contributed by atoms with Crippen LogP contribution in [0.2, 0.25) is 0 Å². The monoisotopic (exact) mass is 270 g/mol. The molecule has 98 valence electrons. The van der Waals surface area contributed by atoms with Crippen LogP contribution in [0.4, 0.5) is 5.82 Å². The number of sulfonamides is 1. The molecule has 0 spiro atoms. The number of H-pyrrole nitrogens is 1. The summed E-state index contributed by atoms with van der Waals surface area (Å²) >= 11 is 0. The Morgan fingerprint density at radius 1 is 1.56 bits per heavy atom. The Morgan fingerprint density at radius 3 is 2.89 bits per heavy atom. The molecule has 3 N–H and O–H groups in total. The van der Waals surface area contributed by atoms with Crippen molar-refractivity contribution >= 4 is 15.8 Å². The maximum absolute atomic E-state index is 12.0. The van der Waals surface area contributed by atoms with Crippen LogP contribution in [0.15, 0.2) is 29.4 Å². The van der Waals surface area contributed by atoms with Crippen LogP contribution in [0, 0.1) is 0 Å². The third-order valence-electron chi connectivity index (χ3n) is 2.40. The summed E-state index contributed by atoms with van der Waals surface area (Å²) in [5, 5.41) is 12.9. The third-order valence-corrected chi connectivity index (χ3v) is 3.73. The predicted octanol–water partition coefficient (Wildman–Crippen LogP) is 0.524. The van der Waals surface area contributed by atoms with Crippen LogP contribution in [-0.4, -0.2) is 28.3 Å². The zero-order valence-corrected chi connectivity index (χ0v) is 10.6. The van der Waals surface area contributed by atoms with E-state index in [1.807, 2.05) is 6.92 Å². The molecule has 0 fully saturated rings. The van der Waals surface area contributed by atoms with E-state index in [1.165, 1.54) is 12.3 Å². The summed E-state index contributed by atoms with van der Waals surface area (Å²) in [4.78, 5) is 2.74. The first-order valence-corrected chi connectivity index (χ1v) is 6.88. The summed E-state index contributed by atoms with van der Waals surface area (Å²) in [6.45, 7) is 2.34. The molecule has 0 saturated carbocycles. The van der Waals surface area contributed by atoms with Crippen molar-refractivity contribution in [1.82, 2.24) is 14.8 Å². The highest BCUT2D eigenvalue weighted by molar-refractivity contribution is 7.92. The first kappa shape index (κ1) is 12.7. The van der Waals surface area contributed by atoms with Crippen LogP contribution < -0.4 is 4.72 Å². The van der Waals surface area contributed by atoms with Gasteiger partial charge in [0.15, 0.2) is 5.82 Å². The molecular formula is C10H14N4O3S. The van der Waals surface area contributed by atoms with Crippen molar-refractivity contribution in [2.24, 2.45) is 0 Å². The van der Waals surface area contributed by atoms with Gasteiger partial charge >= 0.3 is 0 Å². The molecule has 18 heavy (non-hydrogen) atoms. The molecular weight excluding hydrogens is 256 g/mol. The third kappa shape index (κ3) is 2.54. The van der Waals surface area contributed by atoms with Gasteiger partial charge < -0.3 is 10.1 Å². The van der Waals surface area contributed by atoms with Gasteiger partial charge in [-0.1, -0.05) is 0 Å². The highest BCUT2D eigenvalue weighted by Crippen LogP contribution is 2.15. The minimum atomic E-state index is -3.67. The summed E-state index contributed by atoms with van der Waals surface area (Å²) in [5.41, 5.74) is 0.439. The Balaban J connectivity index is 2.21. The van der Waals surface area contributed by atoms with Gasteiger partial charge in [0.05, 0.1) is 6.61 Å². The van der Waals surface area contributed by atoms with Crippen LogP contribution in [0.1, 0.15) is 12.6 Å². The SMILES string of the molecule is CCn1ccc(NS(=O)(=O)c2c[nH]c(CO)c2)n1. The van der Waals surface area contributed by atoms with Crippen molar-refractivity contribution in [2.75, 3.05) is 4.72 Å². The standard InChI is InChI=1S/C10H14N4O3S/c1-2-14-4-3-10(12-14)13-18(16,17)9-5-8(7-15)11-6-9/h3-6,11,15H,2,7H2,1H3,(H,12,13). The minimum absolute atomic E-state index is 0.0672. The van der Waals surface area contributed by atoms with E-state index >= 15 is 0 Å². The van der Waals surface area contributed by atoms with Crippen molar-refractivity contribution in [3.63, 3.8) is 0 Å². The maximum atomic E-state index is 12.0. The van der Waals surface area contributed by atoms with Crippen LogP contribution in [0.3, 0.4) is 0 Å². The molecule has 7 nitrogen and oxygen atoms in total. The number of anilines is 1. The largest absolute Gasteiger partial charge is 0.390 e. The first-order chi connectivity index (χ1) is 8.55. The fraction of sp³-hybridized carbons (Fsp3) is 0.300. The lowest BCUT2D eigenvalue weighted by atomic mass is 10.5. The van der Waals surface area contributed by atoms with E-state index < -0.39 is 10.0 Å². The molecule has 0 radical (unpaired) electrons. The van der Waals surface area contributed by atoms with Crippen molar-refractivity contribution in [1.29, 1.82) is 0 Å². The smallest absolute Gasteiger partial charge is 0.264 e. The summed E-state index contributed by atoms with van der Waals surface area (Å²) in [6.07, 6.45) is 3.01. The molecule has 0 amide bonds. The second-order valence-corrected chi connectivity index (χ2v) is 5.36. The number of nitrogens with zero attached hydrogens (tertiary/aromatic N) is 2. The number of nitrogens with one attached hydrogen (secondary N) is 2. The number of rotatable bonds is 5. The predicted molar refractivity (Wildman–Crippen MR) is 65.4 cm³/mol. The lowest BCUT2D eigenvalue weighted by Crippen LogP contribution is -2.13. The van der Waals surface area contributed by atoms with Crippen LogP contribution in [0.25, 0.3) is 0 Å². The molecule has 2 aromatic heterocycles. The van der Waals surface area contributed by atoms with Gasteiger partial charge in [-0.2, -0.15) is 5.10 Å². The molecule has 8 heteroatoms. The molecule has 0 atom stereocenters. The second-order valence-electron chi connectivity index (χ2n) is 3.68. The number of hydrogen-bond acceptors (Lipinski definition) is 4. The zero-order valence-electron chi connectivity index (χ0n) is 9.79. The zero-order chi connectivity index (χ0) is 13.2. The number of aliphatic hydroxyl groups excluding tert-OH is 1. The number of hydrogen-bond donors (Lipinski definition) is 3. The van der Waals surface area contributed by atoms with Gasteiger partial charge in [-0.05, 0) is 13.0 Å². The number of aryl methyl sites for hydroxylation is 1. The Bertz CT molecular complexity index is 629. The van der Waals surface area contributed by atoms with E-state index in [0.29, 0.717) is 12.2 Å². The van der Waals surface area contributed by atoms with E-state index in [1.54, 1.807) is 16.9 Å². The van der Waals surface area contributed by atoms with Gasteiger partial charge in [-0.15, -0.1) is 0 Å². The number of aromatic amines is 1. The summed E-state index contributed by atoms with van der Waals surface area (Å²) in [6, 6.07) is 2.96. The minimum Gasteiger partial charge on any atom is -0.390 e. The maximum Gasteiger partial charge on any atom is 0.264 e. The lowest BCUT2D eigenvalue weighted by Gasteiger charge is -2.02. The van der Waals surface area contributed by atoms with Gasteiger partial charge in [-0.25, -0.2) is 8.42 Å². The van der Waals surface area contributed by atoms with Crippen molar-refractivity contribution in [2.45, 2.75) is 25.0 Å². The van der Waals surface area contributed by atoms with Crippen molar-refractivity contribution < 1.29 is 13.5 Å². The van der Waals surface area contributed by atoms with E-state index in [4.69, 9.17) is 5.11 Å². The number of aromatic nitrogens is 3. The summed E-state index contributed by atoms with van der Waals surface area (Å²) < 4.78 is 27.9.